The summed E-state index contributed by atoms with van der Waals surface area (Å²) in [5.74, 6) is 0.378. The van der Waals surface area contributed by atoms with Crippen LogP contribution in [-0.4, -0.2) is 31.1 Å². The van der Waals surface area contributed by atoms with E-state index >= 15 is 0 Å². The molecule has 94 valence electrons. The fourth-order valence-corrected chi connectivity index (χ4v) is 1.57. The monoisotopic (exact) mass is 254 g/mol. The minimum absolute atomic E-state index is 0.157. The zero-order valence-corrected chi connectivity index (χ0v) is 11.1. The van der Waals surface area contributed by atoms with Crippen LogP contribution in [0.2, 0.25) is 0 Å². The van der Waals surface area contributed by atoms with Crippen LogP contribution in [0.1, 0.15) is 17.3 Å². The van der Waals surface area contributed by atoms with Crippen LogP contribution in [0.4, 0.5) is 5.69 Å². The molecule has 0 aliphatic rings. The Kier molecular flexibility index (Phi) is 5.15. The summed E-state index contributed by atoms with van der Waals surface area (Å²) in [7, 11) is 1.53. The average Bonchev–Trinajstić information content (AvgIpc) is 2.35. The van der Waals surface area contributed by atoms with Gasteiger partial charge in [-0.3, -0.25) is 4.79 Å². The highest BCUT2D eigenvalue weighted by molar-refractivity contribution is 7.99. The number of rotatable bonds is 5. The Balaban J connectivity index is 2.77. The largest absolute Gasteiger partial charge is 0.496 e. The lowest BCUT2D eigenvalue weighted by molar-refractivity contribution is 0.0951. The quantitative estimate of drug-likeness (QED) is 0.786. The third-order valence-electron chi connectivity index (χ3n) is 2.42. The highest BCUT2D eigenvalue weighted by atomic mass is 32.2. The maximum Gasteiger partial charge on any atom is 0.255 e. The van der Waals surface area contributed by atoms with Gasteiger partial charge in [-0.2, -0.15) is 11.8 Å². The molecular weight excluding hydrogens is 236 g/mol. The summed E-state index contributed by atoms with van der Waals surface area (Å²) in [5.41, 5.74) is 6.69. The number of thioether (sulfide) groups is 1. The molecule has 0 saturated heterocycles. The van der Waals surface area contributed by atoms with Crippen molar-refractivity contribution >= 4 is 23.4 Å². The highest BCUT2D eigenvalue weighted by Gasteiger charge is 2.13. The number of carbonyl (C=O) groups is 1. The zero-order valence-electron chi connectivity index (χ0n) is 10.3. The van der Waals surface area contributed by atoms with E-state index in [4.69, 9.17) is 10.5 Å². The van der Waals surface area contributed by atoms with Gasteiger partial charge in [0.1, 0.15) is 5.75 Å². The second-order valence-electron chi connectivity index (χ2n) is 3.72. The van der Waals surface area contributed by atoms with Crippen molar-refractivity contribution in [1.29, 1.82) is 0 Å². The van der Waals surface area contributed by atoms with E-state index in [1.807, 2.05) is 6.26 Å². The maximum atomic E-state index is 11.9. The van der Waals surface area contributed by atoms with Crippen molar-refractivity contribution in [2.75, 3.05) is 25.6 Å². The number of amides is 1. The minimum atomic E-state index is -0.157. The van der Waals surface area contributed by atoms with Crippen LogP contribution >= 0.6 is 11.8 Å². The van der Waals surface area contributed by atoms with Crippen molar-refractivity contribution in [3.63, 3.8) is 0 Å². The van der Waals surface area contributed by atoms with E-state index in [0.717, 1.165) is 0 Å². The molecule has 1 unspecified atom stereocenters. The fraction of sp³-hybridized carbons (Fsp3) is 0.417. The maximum absolute atomic E-state index is 11.9. The summed E-state index contributed by atoms with van der Waals surface area (Å²) in [6.45, 7) is 2.68. The molecule has 17 heavy (non-hydrogen) atoms. The lowest BCUT2D eigenvalue weighted by Gasteiger charge is -2.12. The first-order valence-electron chi connectivity index (χ1n) is 5.33. The van der Waals surface area contributed by atoms with Crippen LogP contribution in [0.3, 0.4) is 0 Å². The van der Waals surface area contributed by atoms with Gasteiger partial charge in [-0.15, -0.1) is 0 Å². The molecule has 0 aliphatic carbocycles. The normalized spacial score (nSPS) is 11.9. The Morgan fingerprint density at radius 1 is 1.59 bits per heavy atom. The summed E-state index contributed by atoms with van der Waals surface area (Å²) in [6, 6.07) is 5.03. The van der Waals surface area contributed by atoms with E-state index in [0.29, 0.717) is 28.8 Å². The van der Waals surface area contributed by atoms with Crippen molar-refractivity contribution in [3.05, 3.63) is 23.8 Å². The second-order valence-corrected chi connectivity index (χ2v) is 4.99. The molecule has 0 spiro atoms. The molecule has 5 heteroatoms. The zero-order chi connectivity index (χ0) is 12.8. The molecule has 0 bridgehead atoms. The Bertz CT molecular complexity index is 396. The Morgan fingerprint density at radius 2 is 2.29 bits per heavy atom. The number of nitrogens with two attached hydrogens (primary N) is 1. The Hall–Kier alpha value is -1.36. The molecule has 0 aliphatic heterocycles. The molecule has 0 fully saturated rings. The average molecular weight is 254 g/mol. The van der Waals surface area contributed by atoms with Crippen LogP contribution in [0, 0.1) is 0 Å². The molecule has 1 atom stereocenters. The van der Waals surface area contributed by atoms with Gasteiger partial charge < -0.3 is 15.8 Å². The Morgan fingerprint density at radius 3 is 2.88 bits per heavy atom. The molecule has 1 rings (SSSR count). The molecule has 0 heterocycles. The first-order chi connectivity index (χ1) is 8.08. The van der Waals surface area contributed by atoms with Gasteiger partial charge in [-0.05, 0) is 24.5 Å². The van der Waals surface area contributed by atoms with Crippen LogP contribution in [0.25, 0.3) is 0 Å². The number of carbonyl (C=O) groups excluding carboxylic acids is 1. The SMILES string of the molecule is COc1ccc(N)cc1C(=O)NCC(C)SC. The lowest BCUT2D eigenvalue weighted by atomic mass is 10.1. The summed E-state index contributed by atoms with van der Waals surface area (Å²) >= 11 is 1.70. The molecule has 1 aromatic rings. The van der Waals surface area contributed by atoms with Gasteiger partial charge in [0.2, 0.25) is 0 Å². The van der Waals surface area contributed by atoms with Gasteiger partial charge >= 0.3 is 0 Å². The molecule has 0 saturated carbocycles. The molecule has 0 aromatic heterocycles. The summed E-state index contributed by atoms with van der Waals surface area (Å²) in [4.78, 5) is 11.9. The number of anilines is 1. The van der Waals surface area contributed by atoms with Crippen molar-refractivity contribution in [2.24, 2.45) is 0 Å². The molecule has 3 N–H and O–H groups in total. The molecule has 0 radical (unpaired) electrons. The molecule has 1 amide bonds. The van der Waals surface area contributed by atoms with Gasteiger partial charge in [-0.25, -0.2) is 0 Å². The van der Waals surface area contributed by atoms with Gasteiger partial charge in [0.25, 0.3) is 5.91 Å². The fourth-order valence-electron chi connectivity index (χ4n) is 1.32. The summed E-state index contributed by atoms with van der Waals surface area (Å²) < 4.78 is 5.13. The summed E-state index contributed by atoms with van der Waals surface area (Å²) in [6.07, 6.45) is 2.01. The van der Waals surface area contributed by atoms with Gasteiger partial charge in [0.05, 0.1) is 12.7 Å². The predicted octanol–water partition coefficient (Wildman–Crippen LogP) is 1.76. The number of hydrogen-bond acceptors (Lipinski definition) is 4. The third-order valence-corrected chi connectivity index (χ3v) is 3.39. The number of nitrogens with one attached hydrogen (secondary N) is 1. The number of hydrogen-bond donors (Lipinski definition) is 2. The highest BCUT2D eigenvalue weighted by Crippen LogP contribution is 2.20. The van der Waals surface area contributed by atoms with E-state index in [9.17, 15) is 4.79 Å². The van der Waals surface area contributed by atoms with Crippen molar-refractivity contribution in [2.45, 2.75) is 12.2 Å². The lowest BCUT2D eigenvalue weighted by Crippen LogP contribution is -2.29. The van der Waals surface area contributed by atoms with E-state index in [2.05, 4.69) is 12.2 Å². The Labute approximate surface area is 106 Å². The smallest absolute Gasteiger partial charge is 0.255 e. The minimum Gasteiger partial charge on any atom is -0.496 e. The number of methoxy groups -OCH3 is 1. The van der Waals surface area contributed by atoms with Crippen LogP contribution < -0.4 is 15.8 Å². The van der Waals surface area contributed by atoms with E-state index in [1.165, 1.54) is 7.11 Å². The predicted molar refractivity (Wildman–Crippen MR) is 72.7 cm³/mol. The summed E-state index contributed by atoms with van der Waals surface area (Å²) in [5, 5.41) is 3.24. The van der Waals surface area contributed by atoms with Crippen LogP contribution in [0.15, 0.2) is 18.2 Å². The van der Waals surface area contributed by atoms with E-state index in [-0.39, 0.29) is 5.91 Å². The van der Waals surface area contributed by atoms with E-state index in [1.54, 1.807) is 30.0 Å². The number of nitrogen functional groups attached to an aromatic ring is 1. The molecular formula is C12H18N2O2S. The standard InChI is InChI=1S/C12H18N2O2S/c1-8(17-3)7-14-12(15)10-6-9(13)4-5-11(10)16-2/h4-6,8H,7,13H2,1-3H3,(H,14,15). The number of ether oxygens (including phenoxy) is 1. The first-order valence-corrected chi connectivity index (χ1v) is 6.61. The van der Waals surface area contributed by atoms with Gasteiger partial charge in [0.15, 0.2) is 0 Å². The van der Waals surface area contributed by atoms with Crippen LogP contribution in [0.5, 0.6) is 5.75 Å². The molecule has 4 nitrogen and oxygen atoms in total. The third kappa shape index (κ3) is 3.85. The molecule has 1 aromatic carbocycles. The number of benzene rings is 1. The topological polar surface area (TPSA) is 64.3 Å². The van der Waals surface area contributed by atoms with Crippen molar-refractivity contribution in [1.82, 2.24) is 5.32 Å². The van der Waals surface area contributed by atoms with Crippen molar-refractivity contribution in [3.8, 4) is 5.75 Å². The second kappa shape index (κ2) is 6.39. The van der Waals surface area contributed by atoms with Gasteiger partial charge in [-0.1, -0.05) is 6.92 Å². The first kappa shape index (κ1) is 13.7. The van der Waals surface area contributed by atoms with Crippen molar-refractivity contribution < 1.29 is 9.53 Å². The van der Waals surface area contributed by atoms with Crippen LogP contribution in [-0.2, 0) is 0 Å². The van der Waals surface area contributed by atoms with E-state index < -0.39 is 0 Å². The van der Waals surface area contributed by atoms with Gasteiger partial charge in [0, 0.05) is 17.5 Å².